The maximum atomic E-state index is 12.9. The van der Waals surface area contributed by atoms with Crippen molar-refractivity contribution in [2.75, 3.05) is 0 Å². The highest BCUT2D eigenvalue weighted by molar-refractivity contribution is 6.54. The van der Waals surface area contributed by atoms with E-state index in [4.69, 9.17) is 0 Å². The summed E-state index contributed by atoms with van der Waals surface area (Å²) in [6, 6.07) is 0. The maximum absolute atomic E-state index is 12.9. The smallest absolute Gasteiger partial charge is 0.249 e. The first-order valence-electron chi connectivity index (χ1n) is 13.1. The lowest BCUT2D eigenvalue weighted by molar-refractivity contribution is -0.123. The van der Waals surface area contributed by atoms with E-state index in [2.05, 4.69) is 15.0 Å². The molecule has 0 bridgehead atoms. The van der Waals surface area contributed by atoms with Crippen LogP contribution in [0.4, 0.5) is 0 Å². The summed E-state index contributed by atoms with van der Waals surface area (Å²) in [5, 5.41) is 0. The van der Waals surface area contributed by atoms with Gasteiger partial charge >= 0.3 is 0 Å². The normalized spacial score (nSPS) is 27.3. The molecule has 0 spiro atoms. The summed E-state index contributed by atoms with van der Waals surface area (Å²) in [6.45, 7) is 0. The van der Waals surface area contributed by atoms with E-state index < -0.39 is 0 Å². The lowest BCUT2D eigenvalue weighted by Crippen LogP contribution is -2.27. The number of nitrogens with zero attached hydrogens (tertiary/aromatic N) is 3. The summed E-state index contributed by atoms with van der Waals surface area (Å²) in [5.41, 5.74) is 1.58. The van der Waals surface area contributed by atoms with E-state index in [0.717, 1.165) is 77.0 Å². The maximum Gasteiger partial charge on any atom is 0.249 e. The lowest BCUT2D eigenvalue weighted by atomic mass is 9.88. The Bertz CT molecular complexity index is 865. The van der Waals surface area contributed by atoms with E-state index in [-0.39, 0.29) is 41.9 Å². The third kappa shape index (κ3) is 6.64. The molecule has 0 radical (unpaired) electrons. The van der Waals surface area contributed by atoms with E-state index in [0.29, 0.717) is 17.1 Å². The van der Waals surface area contributed by atoms with Gasteiger partial charge in [-0.3, -0.25) is 14.4 Å². The molecule has 0 atom stereocenters. The summed E-state index contributed by atoms with van der Waals surface area (Å²) in [5.74, 6) is -0.353. The Labute approximate surface area is 197 Å². The first kappa shape index (κ1) is 23.9. The molecule has 0 aliphatic heterocycles. The zero-order chi connectivity index (χ0) is 23.0. The second kappa shape index (κ2) is 11.8. The van der Waals surface area contributed by atoms with Gasteiger partial charge in [0.1, 0.15) is 0 Å². The van der Waals surface area contributed by atoms with Crippen molar-refractivity contribution < 1.29 is 14.4 Å². The van der Waals surface area contributed by atoms with Gasteiger partial charge in [0, 0.05) is 24.2 Å². The van der Waals surface area contributed by atoms with Crippen LogP contribution < -0.4 is 0 Å². The molecule has 0 aromatic heterocycles. The van der Waals surface area contributed by atoms with Crippen molar-refractivity contribution in [3.05, 3.63) is 12.2 Å². The molecule has 4 aliphatic rings. The summed E-state index contributed by atoms with van der Waals surface area (Å²) in [4.78, 5) is 51.7. The third-order valence-electron chi connectivity index (χ3n) is 7.67. The summed E-state index contributed by atoms with van der Waals surface area (Å²) < 4.78 is 0. The van der Waals surface area contributed by atoms with Gasteiger partial charge in [0.25, 0.3) is 0 Å². The van der Waals surface area contributed by atoms with E-state index in [1.807, 2.05) is 0 Å². The van der Waals surface area contributed by atoms with Crippen molar-refractivity contribution in [1.29, 1.82) is 0 Å². The fourth-order valence-corrected chi connectivity index (χ4v) is 5.58. The van der Waals surface area contributed by atoms with Crippen LogP contribution in [-0.4, -0.2) is 34.9 Å². The molecule has 6 nitrogen and oxygen atoms in total. The molecule has 4 rings (SSSR count). The van der Waals surface area contributed by atoms with Crippen LogP contribution in [0.3, 0.4) is 0 Å². The van der Waals surface area contributed by atoms with Gasteiger partial charge in [0.2, 0.25) is 17.7 Å². The van der Waals surface area contributed by atoms with Gasteiger partial charge < -0.3 is 0 Å². The number of carbonyl (C=O) groups is 3. The summed E-state index contributed by atoms with van der Waals surface area (Å²) in [7, 11) is 0. The lowest BCUT2D eigenvalue weighted by Gasteiger charge is -2.21. The largest absolute Gasteiger partial charge is 0.272 e. The molecule has 178 valence electrons. The van der Waals surface area contributed by atoms with Crippen LogP contribution in [0.15, 0.2) is 27.1 Å². The molecule has 0 saturated heterocycles. The number of hydrogen-bond acceptors (Lipinski definition) is 3. The number of amides is 3. The van der Waals surface area contributed by atoms with Gasteiger partial charge in [-0.2, -0.15) is 0 Å². The predicted molar refractivity (Wildman–Crippen MR) is 131 cm³/mol. The van der Waals surface area contributed by atoms with Gasteiger partial charge in [-0.05, 0) is 50.7 Å². The van der Waals surface area contributed by atoms with E-state index in [1.54, 1.807) is 12.2 Å². The summed E-state index contributed by atoms with van der Waals surface area (Å²) >= 11 is 0. The molecule has 3 amide bonds. The van der Waals surface area contributed by atoms with Crippen LogP contribution in [0.5, 0.6) is 0 Å². The molecule has 33 heavy (non-hydrogen) atoms. The standard InChI is InChI=1S/C27H37N3O3/c31-25(19-10-4-1-5-11-19)28-22-16-17-23(29-26(32)20-12-6-2-7-13-20)24(18-22)30-27(33)21-14-8-3-9-15-21/h16-17,19-21H,1-15,18H2. The van der Waals surface area contributed by atoms with Crippen LogP contribution >= 0.6 is 0 Å². The molecule has 3 saturated carbocycles. The molecule has 0 heterocycles. The van der Waals surface area contributed by atoms with Crippen molar-refractivity contribution in [3.8, 4) is 0 Å². The second-order valence-corrected chi connectivity index (χ2v) is 10.2. The molecule has 3 fully saturated rings. The minimum atomic E-state index is -0.115. The first-order valence-corrected chi connectivity index (χ1v) is 13.1. The predicted octanol–water partition coefficient (Wildman–Crippen LogP) is 5.59. The quantitative estimate of drug-likeness (QED) is 0.560. The molecule has 0 aromatic rings. The third-order valence-corrected chi connectivity index (χ3v) is 7.67. The van der Waals surface area contributed by atoms with Crippen molar-refractivity contribution >= 4 is 34.9 Å². The Balaban J connectivity index is 1.55. The Morgan fingerprint density at radius 1 is 0.545 bits per heavy atom. The van der Waals surface area contributed by atoms with Crippen LogP contribution in [0.25, 0.3) is 0 Å². The van der Waals surface area contributed by atoms with Gasteiger partial charge in [0.15, 0.2) is 0 Å². The van der Waals surface area contributed by atoms with Gasteiger partial charge in [-0.1, -0.05) is 57.8 Å². The molecule has 0 unspecified atom stereocenters. The van der Waals surface area contributed by atoms with E-state index >= 15 is 0 Å². The topological polar surface area (TPSA) is 88.3 Å². The van der Waals surface area contributed by atoms with Gasteiger partial charge in [0.05, 0.1) is 17.1 Å². The Kier molecular flexibility index (Phi) is 8.51. The average Bonchev–Trinajstić information content (AvgIpc) is 2.87. The van der Waals surface area contributed by atoms with Crippen LogP contribution in [0, 0.1) is 17.8 Å². The minimum absolute atomic E-state index is 0.00635. The highest BCUT2D eigenvalue weighted by Crippen LogP contribution is 2.27. The average molecular weight is 452 g/mol. The van der Waals surface area contributed by atoms with E-state index in [9.17, 15) is 14.4 Å². The molecule has 6 heteroatoms. The summed E-state index contributed by atoms with van der Waals surface area (Å²) in [6.07, 6.45) is 19.1. The first-order chi connectivity index (χ1) is 16.1. The SMILES string of the molecule is O=C(N=C1C=CC(=NC(=O)C2CCCCC2)C(=NC(=O)C2CCCCC2)C1)C1CCCCC1. The molecule has 0 aromatic carbocycles. The highest BCUT2D eigenvalue weighted by Gasteiger charge is 2.27. The van der Waals surface area contributed by atoms with Crippen LogP contribution in [0.1, 0.15) is 103 Å². The zero-order valence-corrected chi connectivity index (χ0v) is 19.8. The van der Waals surface area contributed by atoms with Crippen molar-refractivity contribution in [2.24, 2.45) is 32.7 Å². The fourth-order valence-electron chi connectivity index (χ4n) is 5.58. The van der Waals surface area contributed by atoms with Crippen molar-refractivity contribution in [3.63, 3.8) is 0 Å². The fraction of sp³-hybridized carbons (Fsp3) is 0.704. The molecule has 0 N–H and O–H groups in total. The molecular weight excluding hydrogens is 414 g/mol. The number of allylic oxidation sites excluding steroid dienone is 2. The molecule has 4 aliphatic carbocycles. The Morgan fingerprint density at radius 3 is 1.45 bits per heavy atom. The highest BCUT2D eigenvalue weighted by atomic mass is 16.2. The zero-order valence-electron chi connectivity index (χ0n) is 19.8. The Hall–Kier alpha value is -2.24. The second-order valence-electron chi connectivity index (χ2n) is 10.2. The Morgan fingerprint density at radius 2 is 0.970 bits per heavy atom. The number of rotatable bonds is 3. The van der Waals surface area contributed by atoms with Gasteiger partial charge in [-0.15, -0.1) is 0 Å². The van der Waals surface area contributed by atoms with Crippen molar-refractivity contribution in [2.45, 2.75) is 103 Å². The number of hydrogen-bond donors (Lipinski definition) is 0. The monoisotopic (exact) mass is 451 g/mol. The van der Waals surface area contributed by atoms with Crippen molar-refractivity contribution in [1.82, 2.24) is 0 Å². The molecular formula is C27H37N3O3. The van der Waals surface area contributed by atoms with Crippen LogP contribution in [-0.2, 0) is 14.4 Å². The van der Waals surface area contributed by atoms with Crippen LogP contribution in [0.2, 0.25) is 0 Å². The van der Waals surface area contributed by atoms with Gasteiger partial charge in [-0.25, -0.2) is 15.0 Å². The van der Waals surface area contributed by atoms with E-state index in [1.165, 1.54) is 19.3 Å². The minimum Gasteiger partial charge on any atom is -0.272 e. The number of carbonyl (C=O) groups excluding carboxylic acids is 3. The number of aliphatic imine (C=N–C) groups is 3.